The Morgan fingerprint density at radius 3 is 1.75 bits per heavy atom. The van der Waals surface area contributed by atoms with Crippen molar-refractivity contribution in [1.29, 1.82) is 0 Å². The fourth-order valence-corrected chi connectivity index (χ4v) is 0.0556. The van der Waals surface area contributed by atoms with Gasteiger partial charge in [-0.25, -0.2) is 5.73 Å². The van der Waals surface area contributed by atoms with Gasteiger partial charge in [-0.2, -0.15) is 0 Å². The smallest absolute Gasteiger partial charge is 0.0575 e. The summed E-state index contributed by atoms with van der Waals surface area (Å²) >= 11 is 0. The third kappa shape index (κ3) is 0.114. The second-order valence-electron chi connectivity index (χ2n) is 0.911. The lowest BCUT2D eigenvalue weighted by atomic mass is 10.7. The van der Waals surface area contributed by atoms with Crippen LogP contribution in [0.4, 0.5) is 0 Å². The van der Waals surface area contributed by atoms with Gasteiger partial charge in [-0.1, -0.05) is 12.2 Å². The van der Waals surface area contributed by atoms with E-state index >= 15 is 0 Å². The third-order valence-corrected chi connectivity index (χ3v) is 0.385. The molecule has 1 aliphatic carbocycles. The first kappa shape index (κ1) is 1.97. The SMILES string of the molecule is [NH]C1C=C1. The van der Waals surface area contributed by atoms with Gasteiger partial charge < -0.3 is 0 Å². The summed E-state index contributed by atoms with van der Waals surface area (Å²) in [5, 5.41) is 0. The molecule has 0 aromatic heterocycles. The Hall–Kier alpha value is -0.300. The van der Waals surface area contributed by atoms with Gasteiger partial charge in [0.05, 0.1) is 6.04 Å². The van der Waals surface area contributed by atoms with Gasteiger partial charge in [0.15, 0.2) is 0 Å². The highest BCUT2D eigenvalue weighted by Gasteiger charge is 1.99. The highest BCUT2D eigenvalue weighted by Crippen LogP contribution is 1.98. The first-order valence-electron chi connectivity index (χ1n) is 1.29. The van der Waals surface area contributed by atoms with Crippen LogP contribution in [0.3, 0.4) is 0 Å². The number of nitrogens with one attached hydrogen (secondary N) is 1. The average Bonchev–Trinajstić information content (AvgIpc) is 1.75. The van der Waals surface area contributed by atoms with Gasteiger partial charge in [0.1, 0.15) is 0 Å². The van der Waals surface area contributed by atoms with E-state index in [1.807, 2.05) is 12.2 Å². The Balaban J connectivity index is 2.32. The molecule has 0 heterocycles. The second-order valence-corrected chi connectivity index (χ2v) is 0.911. The van der Waals surface area contributed by atoms with Crippen molar-refractivity contribution in [1.82, 2.24) is 5.73 Å². The van der Waals surface area contributed by atoms with E-state index in [1.165, 1.54) is 0 Å². The zero-order valence-electron chi connectivity index (χ0n) is 2.23. The molecule has 1 aliphatic rings. The first-order valence-corrected chi connectivity index (χ1v) is 1.29. The molecule has 0 spiro atoms. The standard InChI is InChI=1S/C3H4N/c4-3-1-2-3/h1-4H. The predicted octanol–water partition coefficient (Wildman–Crippen LogP) is 0.208. The number of hydrogen-bond acceptors (Lipinski definition) is 0. The molecule has 1 N–H and O–H groups in total. The molecule has 0 saturated carbocycles. The van der Waals surface area contributed by atoms with Gasteiger partial charge in [-0.15, -0.1) is 0 Å². The molecular formula is C3H4N. The second kappa shape index (κ2) is 0.353. The average molecular weight is 54.1 g/mol. The Bertz CT molecular complexity index is 41.2. The molecule has 0 aliphatic heterocycles. The molecule has 0 amide bonds. The maximum Gasteiger partial charge on any atom is 0.0575 e. The maximum atomic E-state index is 6.58. The van der Waals surface area contributed by atoms with E-state index in [2.05, 4.69) is 0 Å². The Labute approximate surface area is 25.1 Å². The van der Waals surface area contributed by atoms with Crippen LogP contribution in [0.15, 0.2) is 12.2 Å². The van der Waals surface area contributed by atoms with Gasteiger partial charge in [-0.3, -0.25) is 0 Å². The maximum absolute atomic E-state index is 6.58. The minimum Gasteiger partial charge on any atom is -0.246 e. The molecule has 0 bridgehead atoms. The molecule has 1 radical (unpaired) electrons. The Kier molecular flexibility index (Phi) is 0.174. The molecule has 21 valence electrons. The van der Waals surface area contributed by atoms with E-state index in [0.29, 0.717) is 0 Å². The van der Waals surface area contributed by atoms with E-state index in [9.17, 15) is 0 Å². The molecule has 4 heavy (non-hydrogen) atoms. The normalized spacial score (nSPS) is 22.2. The Morgan fingerprint density at radius 1 is 1.50 bits per heavy atom. The highest BCUT2D eigenvalue weighted by atomic mass is 14.6. The third-order valence-electron chi connectivity index (χ3n) is 0.385. The van der Waals surface area contributed by atoms with Crippen molar-refractivity contribution in [2.24, 2.45) is 0 Å². The monoisotopic (exact) mass is 54.0 g/mol. The van der Waals surface area contributed by atoms with Crippen molar-refractivity contribution in [3.63, 3.8) is 0 Å². The van der Waals surface area contributed by atoms with Crippen molar-refractivity contribution in [3.8, 4) is 0 Å². The van der Waals surface area contributed by atoms with Gasteiger partial charge in [0, 0.05) is 0 Å². The summed E-state index contributed by atoms with van der Waals surface area (Å²) in [4.78, 5) is 0. The van der Waals surface area contributed by atoms with E-state index in [1.54, 1.807) is 0 Å². The lowest BCUT2D eigenvalue weighted by Gasteiger charge is -1.59. The molecule has 0 aromatic carbocycles. The van der Waals surface area contributed by atoms with E-state index in [-0.39, 0.29) is 6.04 Å². The Morgan fingerprint density at radius 2 is 1.75 bits per heavy atom. The number of hydrogen-bond donors (Lipinski definition) is 0. The fourth-order valence-electron chi connectivity index (χ4n) is 0.0556. The van der Waals surface area contributed by atoms with Crippen molar-refractivity contribution in [3.05, 3.63) is 12.2 Å². The number of rotatable bonds is 0. The zero-order chi connectivity index (χ0) is 2.99. The topological polar surface area (TPSA) is 23.8 Å². The molecule has 1 heteroatoms. The van der Waals surface area contributed by atoms with Gasteiger partial charge in [0.25, 0.3) is 0 Å². The van der Waals surface area contributed by atoms with Crippen LogP contribution in [0.1, 0.15) is 0 Å². The predicted molar refractivity (Wildman–Crippen MR) is 16.0 cm³/mol. The molecule has 0 aromatic rings. The molecule has 0 fully saturated rings. The van der Waals surface area contributed by atoms with Crippen LogP contribution >= 0.6 is 0 Å². The highest BCUT2D eigenvalue weighted by molar-refractivity contribution is 5.17. The van der Waals surface area contributed by atoms with Crippen LogP contribution in [-0.2, 0) is 0 Å². The summed E-state index contributed by atoms with van der Waals surface area (Å²) in [5.74, 6) is 0. The first-order chi connectivity index (χ1) is 1.89. The fraction of sp³-hybridized carbons (Fsp3) is 0.333. The molecule has 0 unspecified atom stereocenters. The van der Waals surface area contributed by atoms with Crippen LogP contribution in [0.25, 0.3) is 0 Å². The zero-order valence-corrected chi connectivity index (χ0v) is 2.23. The van der Waals surface area contributed by atoms with Crippen molar-refractivity contribution in [2.75, 3.05) is 0 Å². The summed E-state index contributed by atoms with van der Waals surface area (Å²) in [7, 11) is 0. The van der Waals surface area contributed by atoms with E-state index in [4.69, 9.17) is 5.73 Å². The molecule has 1 nitrogen and oxygen atoms in total. The van der Waals surface area contributed by atoms with Crippen molar-refractivity contribution < 1.29 is 0 Å². The summed E-state index contributed by atoms with van der Waals surface area (Å²) in [5.41, 5.74) is 6.58. The van der Waals surface area contributed by atoms with Crippen LogP contribution in [0.2, 0.25) is 0 Å². The molecule has 0 atom stereocenters. The van der Waals surface area contributed by atoms with Crippen molar-refractivity contribution in [2.45, 2.75) is 6.04 Å². The van der Waals surface area contributed by atoms with Gasteiger partial charge in [-0.05, 0) is 0 Å². The van der Waals surface area contributed by atoms with Crippen LogP contribution in [0, 0.1) is 0 Å². The minimum absolute atomic E-state index is 0.0833. The summed E-state index contributed by atoms with van der Waals surface area (Å²) in [6.07, 6.45) is 3.67. The quantitative estimate of drug-likeness (QED) is 0.353. The molecule has 1 rings (SSSR count). The van der Waals surface area contributed by atoms with Crippen LogP contribution in [0.5, 0.6) is 0 Å². The van der Waals surface area contributed by atoms with E-state index < -0.39 is 0 Å². The van der Waals surface area contributed by atoms with Crippen molar-refractivity contribution >= 4 is 0 Å². The van der Waals surface area contributed by atoms with Gasteiger partial charge in [0.2, 0.25) is 0 Å². The summed E-state index contributed by atoms with van der Waals surface area (Å²) in [6, 6.07) is 0.0833. The summed E-state index contributed by atoms with van der Waals surface area (Å²) in [6.45, 7) is 0. The van der Waals surface area contributed by atoms with E-state index in [0.717, 1.165) is 0 Å². The molecule has 0 saturated heterocycles. The van der Waals surface area contributed by atoms with Gasteiger partial charge >= 0.3 is 0 Å². The lowest BCUT2D eigenvalue weighted by Crippen LogP contribution is -1.75. The molecular weight excluding hydrogens is 50.0 g/mol. The minimum atomic E-state index is 0.0833. The largest absolute Gasteiger partial charge is 0.246 e. The lowest BCUT2D eigenvalue weighted by molar-refractivity contribution is 1.11. The van der Waals surface area contributed by atoms with Crippen LogP contribution < -0.4 is 5.73 Å². The van der Waals surface area contributed by atoms with Crippen LogP contribution in [-0.4, -0.2) is 6.04 Å². The summed E-state index contributed by atoms with van der Waals surface area (Å²) < 4.78 is 0.